The molecule has 2 unspecified atom stereocenters. The first kappa shape index (κ1) is 15.9. The Balaban J connectivity index is 1.64. The molecule has 2 fully saturated rings. The second-order valence-corrected chi connectivity index (χ2v) is 7.30. The average Bonchev–Trinajstić information content (AvgIpc) is 3.23. The molecule has 0 N–H and O–H groups in total. The largest absolute Gasteiger partial charge is 0.424 e. The van der Waals surface area contributed by atoms with Gasteiger partial charge in [0.05, 0.1) is 12.6 Å². The highest BCUT2D eigenvalue weighted by atomic mass is 16.5. The molecule has 0 amide bonds. The van der Waals surface area contributed by atoms with E-state index in [0.29, 0.717) is 18.1 Å². The van der Waals surface area contributed by atoms with Crippen molar-refractivity contribution in [3.63, 3.8) is 0 Å². The van der Waals surface area contributed by atoms with Crippen LogP contribution in [-0.4, -0.2) is 40.4 Å². The third kappa shape index (κ3) is 3.06. The molecule has 0 radical (unpaired) electrons. The van der Waals surface area contributed by atoms with Crippen LogP contribution < -0.4 is 0 Å². The summed E-state index contributed by atoms with van der Waals surface area (Å²) in [7, 11) is 0. The average molecular weight is 307 g/mol. The molecule has 2 aliphatic carbocycles. The summed E-state index contributed by atoms with van der Waals surface area (Å²) >= 11 is 0. The third-order valence-corrected chi connectivity index (χ3v) is 5.19. The molecule has 1 aromatic rings. The van der Waals surface area contributed by atoms with Crippen molar-refractivity contribution in [1.82, 2.24) is 15.1 Å². The van der Waals surface area contributed by atoms with Crippen LogP contribution in [0.3, 0.4) is 0 Å². The summed E-state index contributed by atoms with van der Waals surface area (Å²) in [5.74, 6) is 2.14. The van der Waals surface area contributed by atoms with Gasteiger partial charge in [0, 0.05) is 24.0 Å². The third-order valence-electron chi connectivity index (χ3n) is 5.19. The van der Waals surface area contributed by atoms with E-state index in [2.05, 4.69) is 42.8 Å². The SMILES string of the molecule is CCCN(Cc1nnc(C2CC2)o1)C1CC(OCC)C1(C)C. The Hall–Kier alpha value is -0.940. The topological polar surface area (TPSA) is 51.4 Å². The predicted octanol–water partition coefficient (Wildman–Crippen LogP) is 3.36. The standard InChI is InChI=1S/C17H29N3O2/c1-5-9-20(13-10-14(21-6-2)17(13,3)4)11-15-18-19-16(22-15)12-7-8-12/h12-14H,5-11H2,1-4H3. The molecule has 2 saturated carbocycles. The highest BCUT2D eigenvalue weighted by molar-refractivity contribution is 5.05. The number of nitrogens with zero attached hydrogens (tertiary/aromatic N) is 3. The summed E-state index contributed by atoms with van der Waals surface area (Å²) in [6.45, 7) is 11.5. The molecule has 124 valence electrons. The Morgan fingerprint density at radius 1 is 1.27 bits per heavy atom. The molecule has 2 aliphatic rings. The van der Waals surface area contributed by atoms with Crippen LogP contribution >= 0.6 is 0 Å². The van der Waals surface area contributed by atoms with Crippen LogP contribution in [0.2, 0.25) is 0 Å². The zero-order valence-electron chi connectivity index (χ0n) is 14.3. The van der Waals surface area contributed by atoms with Gasteiger partial charge >= 0.3 is 0 Å². The minimum atomic E-state index is 0.185. The number of rotatable bonds is 8. The van der Waals surface area contributed by atoms with Crippen LogP contribution in [0, 0.1) is 5.41 Å². The summed E-state index contributed by atoms with van der Waals surface area (Å²) in [5, 5.41) is 8.46. The Morgan fingerprint density at radius 2 is 2.05 bits per heavy atom. The van der Waals surface area contributed by atoms with E-state index in [9.17, 15) is 0 Å². The lowest BCUT2D eigenvalue weighted by Gasteiger charge is -2.55. The van der Waals surface area contributed by atoms with E-state index in [1.165, 1.54) is 12.8 Å². The summed E-state index contributed by atoms with van der Waals surface area (Å²) in [4.78, 5) is 2.50. The first-order valence-electron chi connectivity index (χ1n) is 8.74. The molecule has 1 heterocycles. The van der Waals surface area contributed by atoms with E-state index in [-0.39, 0.29) is 5.41 Å². The summed E-state index contributed by atoms with van der Waals surface area (Å²) < 4.78 is 11.7. The molecule has 3 rings (SSSR count). The normalized spacial score (nSPS) is 27.1. The zero-order chi connectivity index (χ0) is 15.7. The van der Waals surface area contributed by atoms with Crippen molar-refractivity contribution < 1.29 is 9.15 Å². The van der Waals surface area contributed by atoms with Crippen LogP contribution in [0.5, 0.6) is 0 Å². The maximum atomic E-state index is 5.87. The Labute approximate surface area is 133 Å². The van der Waals surface area contributed by atoms with Gasteiger partial charge in [0.25, 0.3) is 0 Å². The highest BCUT2D eigenvalue weighted by Crippen LogP contribution is 2.46. The Morgan fingerprint density at radius 3 is 2.64 bits per heavy atom. The highest BCUT2D eigenvalue weighted by Gasteiger charge is 2.51. The number of hydrogen-bond donors (Lipinski definition) is 0. The van der Waals surface area contributed by atoms with Gasteiger partial charge in [0.2, 0.25) is 11.8 Å². The molecule has 0 bridgehead atoms. The van der Waals surface area contributed by atoms with E-state index < -0.39 is 0 Å². The fourth-order valence-electron chi connectivity index (χ4n) is 3.60. The molecule has 5 heteroatoms. The Kier molecular flexibility index (Phi) is 4.55. The second kappa shape index (κ2) is 6.28. The Bertz CT molecular complexity index is 496. The van der Waals surface area contributed by atoms with E-state index in [0.717, 1.165) is 44.3 Å². The van der Waals surface area contributed by atoms with Crippen LogP contribution in [0.1, 0.15) is 71.1 Å². The summed E-state index contributed by atoms with van der Waals surface area (Å²) in [6.07, 6.45) is 5.00. The minimum absolute atomic E-state index is 0.185. The van der Waals surface area contributed by atoms with Gasteiger partial charge in [-0.25, -0.2) is 0 Å². The fraction of sp³-hybridized carbons (Fsp3) is 0.882. The summed E-state index contributed by atoms with van der Waals surface area (Å²) in [5.41, 5.74) is 0.185. The van der Waals surface area contributed by atoms with Crippen molar-refractivity contribution in [1.29, 1.82) is 0 Å². The smallest absolute Gasteiger partial charge is 0.230 e. The van der Waals surface area contributed by atoms with Crippen molar-refractivity contribution in [3.05, 3.63) is 11.8 Å². The molecule has 0 aromatic carbocycles. The lowest BCUT2D eigenvalue weighted by molar-refractivity contribution is -0.152. The molecule has 0 saturated heterocycles. The van der Waals surface area contributed by atoms with E-state index in [4.69, 9.17) is 9.15 Å². The first-order chi connectivity index (χ1) is 10.6. The van der Waals surface area contributed by atoms with E-state index >= 15 is 0 Å². The lowest BCUT2D eigenvalue weighted by atomic mass is 9.63. The minimum Gasteiger partial charge on any atom is -0.424 e. The molecule has 2 atom stereocenters. The number of hydrogen-bond acceptors (Lipinski definition) is 5. The van der Waals surface area contributed by atoms with Crippen LogP contribution in [0.25, 0.3) is 0 Å². The van der Waals surface area contributed by atoms with Crippen LogP contribution in [-0.2, 0) is 11.3 Å². The molecule has 5 nitrogen and oxygen atoms in total. The monoisotopic (exact) mass is 307 g/mol. The maximum Gasteiger partial charge on any atom is 0.230 e. The molecule has 22 heavy (non-hydrogen) atoms. The van der Waals surface area contributed by atoms with Crippen molar-refractivity contribution in [2.24, 2.45) is 5.41 Å². The van der Waals surface area contributed by atoms with Gasteiger partial charge in [-0.1, -0.05) is 20.8 Å². The first-order valence-corrected chi connectivity index (χ1v) is 8.74. The van der Waals surface area contributed by atoms with E-state index in [1.807, 2.05) is 0 Å². The van der Waals surface area contributed by atoms with E-state index in [1.54, 1.807) is 0 Å². The van der Waals surface area contributed by atoms with Gasteiger partial charge in [-0.15, -0.1) is 10.2 Å². The van der Waals surface area contributed by atoms with Crippen molar-refractivity contribution in [2.75, 3.05) is 13.2 Å². The quantitative estimate of drug-likeness (QED) is 0.737. The van der Waals surface area contributed by atoms with Gasteiger partial charge in [-0.3, -0.25) is 4.90 Å². The fourth-order valence-corrected chi connectivity index (χ4v) is 3.60. The van der Waals surface area contributed by atoms with Gasteiger partial charge in [-0.2, -0.15) is 0 Å². The second-order valence-electron chi connectivity index (χ2n) is 7.30. The summed E-state index contributed by atoms with van der Waals surface area (Å²) in [6, 6.07) is 0.528. The zero-order valence-corrected chi connectivity index (χ0v) is 14.3. The van der Waals surface area contributed by atoms with Crippen LogP contribution in [0.15, 0.2) is 4.42 Å². The molecule has 0 spiro atoms. The number of ether oxygens (including phenoxy) is 1. The van der Waals surface area contributed by atoms with Gasteiger partial charge in [0.15, 0.2) is 0 Å². The molecular formula is C17H29N3O2. The van der Waals surface area contributed by atoms with Crippen molar-refractivity contribution >= 4 is 0 Å². The van der Waals surface area contributed by atoms with Crippen LogP contribution in [0.4, 0.5) is 0 Å². The maximum absolute atomic E-state index is 5.87. The molecule has 0 aliphatic heterocycles. The molecular weight excluding hydrogens is 278 g/mol. The van der Waals surface area contributed by atoms with Gasteiger partial charge in [0.1, 0.15) is 0 Å². The number of aromatic nitrogens is 2. The van der Waals surface area contributed by atoms with Crippen molar-refractivity contribution in [3.8, 4) is 0 Å². The van der Waals surface area contributed by atoms with Crippen molar-refractivity contribution in [2.45, 2.75) is 78.0 Å². The van der Waals surface area contributed by atoms with Gasteiger partial charge in [-0.05, 0) is 39.2 Å². The van der Waals surface area contributed by atoms with Gasteiger partial charge < -0.3 is 9.15 Å². The lowest BCUT2D eigenvalue weighted by Crippen LogP contribution is -2.62. The molecule has 1 aromatic heterocycles. The predicted molar refractivity (Wildman–Crippen MR) is 84.6 cm³/mol.